The van der Waals surface area contributed by atoms with Gasteiger partial charge in [-0.05, 0) is 13.0 Å². The number of hydrogen-bond acceptors (Lipinski definition) is 6. The van der Waals surface area contributed by atoms with Gasteiger partial charge in [0.05, 0.1) is 44.2 Å². The summed E-state index contributed by atoms with van der Waals surface area (Å²) < 4.78 is 16.5. The lowest BCUT2D eigenvalue weighted by Gasteiger charge is -2.31. The number of nitrogens with zero attached hydrogens (tertiary/aromatic N) is 2. The van der Waals surface area contributed by atoms with E-state index in [-0.39, 0.29) is 5.78 Å². The number of fused-ring (bicyclic) bond motifs is 1. The van der Waals surface area contributed by atoms with E-state index < -0.39 is 0 Å². The fraction of sp³-hybridized carbons (Fsp3) is 0.304. The van der Waals surface area contributed by atoms with Crippen molar-refractivity contribution in [3.05, 3.63) is 59.3 Å². The van der Waals surface area contributed by atoms with E-state index in [9.17, 15) is 4.79 Å². The summed E-state index contributed by atoms with van der Waals surface area (Å²) in [5.74, 6) is 1.17. The number of methoxy groups -OCH3 is 2. The van der Waals surface area contributed by atoms with E-state index >= 15 is 0 Å². The number of pyridine rings is 1. The fourth-order valence-corrected chi connectivity index (χ4v) is 3.66. The Balaban J connectivity index is 1.93. The third-order valence-corrected chi connectivity index (χ3v) is 5.23. The van der Waals surface area contributed by atoms with Crippen LogP contribution in [0.15, 0.2) is 42.6 Å². The maximum atomic E-state index is 13.4. The molecule has 0 saturated carbocycles. The van der Waals surface area contributed by atoms with Crippen molar-refractivity contribution in [1.29, 1.82) is 0 Å². The number of rotatable bonds is 5. The standard InChI is InChI=1S/C23H24N2O4/c1-15-4-6-16(7-5-15)23(26)18-14-24-19-13-21(28-3)20(27-2)12-17(19)22(18)25-8-10-29-11-9-25/h4-7,12-14H,8-11H2,1-3H3. The molecule has 1 aliphatic heterocycles. The Morgan fingerprint density at radius 1 is 1.03 bits per heavy atom. The highest BCUT2D eigenvalue weighted by Crippen LogP contribution is 2.38. The molecular weight excluding hydrogens is 368 g/mol. The van der Waals surface area contributed by atoms with E-state index in [1.165, 1.54) is 0 Å². The molecule has 0 bridgehead atoms. The first-order valence-corrected chi connectivity index (χ1v) is 9.61. The van der Waals surface area contributed by atoms with Crippen molar-refractivity contribution in [2.45, 2.75) is 6.92 Å². The minimum absolute atomic E-state index is 0.0457. The number of ether oxygens (including phenoxy) is 3. The van der Waals surface area contributed by atoms with Crippen LogP contribution in [0.4, 0.5) is 5.69 Å². The van der Waals surface area contributed by atoms with Crippen molar-refractivity contribution in [1.82, 2.24) is 4.98 Å². The molecule has 0 atom stereocenters. The Labute approximate surface area is 170 Å². The summed E-state index contributed by atoms with van der Waals surface area (Å²) in [5, 5.41) is 0.863. The molecule has 3 aromatic rings. The molecule has 150 valence electrons. The van der Waals surface area contributed by atoms with Gasteiger partial charge in [-0.1, -0.05) is 29.8 Å². The minimum atomic E-state index is -0.0457. The number of aromatic nitrogens is 1. The van der Waals surface area contributed by atoms with Crippen LogP contribution in [0.25, 0.3) is 10.9 Å². The predicted octanol–water partition coefficient (Wildman–Crippen LogP) is 3.63. The van der Waals surface area contributed by atoms with Gasteiger partial charge in [0.25, 0.3) is 0 Å². The molecular formula is C23H24N2O4. The van der Waals surface area contributed by atoms with Crippen LogP contribution < -0.4 is 14.4 Å². The van der Waals surface area contributed by atoms with Gasteiger partial charge in [-0.25, -0.2) is 0 Å². The second kappa shape index (κ2) is 8.09. The molecule has 2 heterocycles. The quantitative estimate of drug-likeness (QED) is 0.618. The van der Waals surface area contributed by atoms with E-state index in [0.717, 1.165) is 22.2 Å². The molecule has 0 aliphatic carbocycles. The first kappa shape index (κ1) is 19.2. The molecule has 0 N–H and O–H groups in total. The smallest absolute Gasteiger partial charge is 0.196 e. The summed E-state index contributed by atoms with van der Waals surface area (Å²) in [6, 6.07) is 11.4. The zero-order valence-electron chi connectivity index (χ0n) is 16.9. The molecule has 4 rings (SSSR count). The number of morpholine rings is 1. The number of hydrogen-bond donors (Lipinski definition) is 0. The van der Waals surface area contributed by atoms with Crippen LogP contribution in [0.1, 0.15) is 21.5 Å². The molecule has 0 unspecified atom stereocenters. The lowest BCUT2D eigenvalue weighted by molar-refractivity contribution is 0.103. The molecule has 2 aromatic carbocycles. The van der Waals surface area contributed by atoms with E-state index in [1.54, 1.807) is 20.4 Å². The minimum Gasteiger partial charge on any atom is -0.493 e. The summed E-state index contributed by atoms with van der Waals surface area (Å²) in [7, 11) is 3.20. The van der Waals surface area contributed by atoms with Crippen LogP contribution in [0.3, 0.4) is 0 Å². The third kappa shape index (κ3) is 3.63. The Bertz CT molecular complexity index is 1040. The topological polar surface area (TPSA) is 60.9 Å². The summed E-state index contributed by atoms with van der Waals surface area (Å²) >= 11 is 0. The third-order valence-electron chi connectivity index (χ3n) is 5.23. The van der Waals surface area contributed by atoms with Gasteiger partial charge >= 0.3 is 0 Å². The molecule has 0 spiro atoms. The fourth-order valence-electron chi connectivity index (χ4n) is 3.66. The van der Waals surface area contributed by atoms with Gasteiger partial charge in [0.1, 0.15) is 0 Å². The van der Waals surface area contributed by atoms with Crippen LogP contribution in [0.2, 0.25) is 0 Å². The summed E-state index contributed by atoms with van der Waals surface area (Å²) in [5.41, 5.74) is 3.96. The first-order chi connectivity index (χ1) is 14.1. The Kier molecular flexibility index (Phi) is 5.36. The maximum Gasteiger partial charge on any atom is 0.196 e. The molecule has 1 fully saturated rings. The van der Waals surface area contributed by atoms with E-state index in [4.69, 9.17) is 14.2 Å². The number of aryl methyl sites for hydroxylation is 1. The Hall–Kier alpha value is -3.12. The zero-order chi connectivity index (χ0) is 20.4. The maximum absolute atomic E-state index is 13.4. The van der Waals surface area contributed by atoms with E-state index in [2.05, 4.69) is 9.88 Å². The predicted molar refractivity (Wildman–Crippen MR) is 112 cm³/mol. The number of carbonyl (C=O) groups excluding carboxylic acids is 1. The first-order valence-electron chi connectivity index (χ1n) is 9.61. The number of carbonyl (C=O) groups is 1. The average molecular weight is 392 g/mol. The lowest BCUT2D eigenvalue weighted by atomic mass is 9.98. The molecule has 0 amide bonds. The Morgan fingerprint density at radius 2 is 1.69 bits per heavy atom. The van der Waals surface area contributed by atoms with Crippen molar-refractivity contribution in [3.63, 3.8) is 0 Å². The van der Waals surface area contributed by atoms with Gasteiger partial charge in [-0.2, -0.15) is 0 Å². The molecule has 0 radical (unpaired) electrons. The van der Waals surface area contributed by atoms with Gasteiger partial charge in [0, 0.05) is 36.3 Å². The second-order valence-corrected chi connectivity index (χ2v) is 7.04. The van der Waals surface area contributed by atoms with Crippen molar-refractivity contribution >= 4 is 22.4 Å². The second-order valence-electron chi connectivity index (χ2n) is 7.04. The van der Waals surface area contributed by atoms with Gasteiger partial charge in [-0.3, -0.25) is 9.78 Å². The average Bonchev–Trinajstić information content (AvgIpc) is 2.77. The van der Waals surface area contributed by atoms with Gasteiger partial charge in [0.2, 0.25) is 0 Å². The lowest BCUT2D eigenvalue weighted by Crippen LogP contribution is -2.37. The van der Waals surface area contributed by atoms with Gasteiger partial charge in [0.15, 0.2) is 17.3 Å². The van der Waals surface area contributed by atoms with Crippen LogP contribution in [-0.2, 0) is 4.74 Å². The van der Waals surface area contributed by atoms with Gasteiger partial charge in [-0.15, -0.1) is 0 Å². The van der Waals surface area contributed by atoms with E-state index in [0.29, 0.717) is 48.9 Å². The molecule has 6 nitrogen and oxygen atoms in total. The van der Waals surface area contributed by atoms with Crippen LogP contribution in [-0.4, -0.2) is 51.3 Å². The number of anilines is 1. The molecule has 1 saturated heterocycles. The van der Waals surface area contributed by atoms with Gasteiger partial charge < -0.3 is 19.1 Å². The molecule has 1 aromatic heterocycles. The summed E-state index contributed by atoms with van der Waals surface area (Å²) in [6.45, 7) is 4.67. The number of ketones is 1. The highest BCUT2D eigenvalue weighted by atomic mass is 16.5. The largest absolute Gasteiger partial charge is 0.493 e. The highest BCUT2D eigenvalue weighted by Gasteiger charge is 2.24. The van der Waals surface area contributed by atoms with Crippen molar-refractivity contribution in [2.75, 3.05) is 45.4 Å². The monoisotopic (exact) mass is 392 g/mol. The van der Waals surface area contributed by atoms with Crippen molar-refractivity contribution in [3.8, 4) is 11.5 Å². The molecule has 29 heavy (non-hydrogen) atoms. The molecule has 6 heteroatoms. The van der Waals surface area contributed by atoms with Crippen LogP contribution >= 0.6 is 0 Å². The number of benzene rings is 2. The van der Waals surface area contributed by atoms with Crippen LogP contribution in [0, 0.1) is 6.92 Å². The summed E-state index contributed by atoms with van der Waals surface area (Å²) in [6.07, 6.45) is 1.67. The SMILES string of the molecule is COc1cc2ncc(C(=O)c3ccc(C)cc3)c(N3CCOCC3)c2cc1OC. The van der Waals surface area contributed by atoms with E-state index in [1.807, 2.05) is 43.3 Å². The zero-order valence-corrected chi connectivity index (χ0v) is 16.9. The Morgan fingerprint density at radius 3 is 2.34 bits per heavy atom. The van der Waals surface area contributed by atoms with Crippen molar-refractivity contribution < 1.29 is 19.0 Å². The van der Waals surface area contributed by atoms with Crippen molar-refractivity contribution in [2.24, 2.45) is 0 Å². The summed E-state index contributed by atoms with van der Waals surface area (Å²) in [4.78, 5) is 20.2. The molecule has 1 aliphatic rings. The normalized spacial score (nSPS) is 14.1. The van der Waals surface area contributed by atoms with Crippen LogP contribution in [0.5, 0.6) is 11.5 Å². The highest BCUT2D eigenvalue weighted by molar-refractivity contribution is 6.16.